The number of nitrogens with two attached hydrogens (primary N) is 1. The summed E-state index contributed by atoms with van der Waals surface area (Å²) in [5.41, 5.74) is 6.25. The average Bonchev–Trinajstić information content (AvgIpc) is 2.48. The molecule has 1 rings (SSSR count). The van der Waals surface area contributed by atoms with E-state index in [0.29, 0.717) is 32.6 Å². The van der Waals surface area contributed by atoms with Crippen molar-refractivity contribution in [1.29, 1.82) is 0 Å². The average molecular weight is 279 g/mol. The summed E-state index contributed by atoms with van der Waals surface area (Å²) in [6.45, 7) is 3.23. The number of nitrogens with zero attached hydrogens (tertiary/aromatic N) is 2. The van der Waals surface area contributed by atoms with Crippen molar-refractivity contribution in [2.45, 2.75) is 19.8 Å². The van der Waals surface area contributed by atoms with E-state index in [-0.39, 0.29) is 11.7 Å². The van der Waals surface area contributed by atoms with Gasteiger partial charge in [0.25, 0.3) is 0 Å². The third kappa shape index (κ3) is 5.27. The Kier molecular flexibility index (Phi) is 7.13. The van der Waals surface area contributed by atoms with Gasteiger partial charge in [0.15, 0.2) is 0 Å². The second-order valence-electron chi connectivity index (χ2n) is 4.17. The molecule has 110 valence electrons. The van der Waals surface area contributed by atoms with Gasteiger partial charge in [0.1, 0.15) is 5.84 Å². The Morgan fingerprint density at radius 2 is 2.05 bits per heavy atom. The number of ether oxygens (including phenoxy) is 1. The molecule has 0 atom stereocenters. The van der Waals surface area contributed by atoms with Crippen molar-refractivity contribution in [3.05, 3.63) is 30.3 Å². The SMILES string of the molecule is CCOCCC(=O)N(CCC(N)=NO)c1ccccc1. The van der Waals surface area contributed by atoms with Gasteiger partial charge >= 0.3 is 0 Å². The van der Waals surface area contributed by atoms with Crippen LogP contribution in [0.3, 0.4) is 0 Å². The minimum absolute atomic E-state index is 0.0459. The third-order valence-electron chi connectivity index (χ3n) is 2.75. The smallest absolute Gasteiger partial charge is 0.229 e. The fraction of sp³-hybridized carbons (Fsp3) is 0.429. The summed E-state index contributed by atoms with van der Waals surface area (Å²) >= 11 is 0. The van der Waals surface area contributed by atoms with Crippen LogP contribution in [-0.4, -0.2) is 36.7 Å². The highest BCUT2D eigenvalue weighted by Crippen LogP contribution is 2.15. The predicted molar refractivity (Wildman–Crippen MR) is 77.9 cm³/mol. The first-order chi connectivity index (χ1) is 9.69. The van der Waals surface area contributed by atoms with Gasteiger partial charge in [-0.25, -0.2) is 0 Å². The number of hydrogen-bond acceptors (Lipinski definition) is 4. The van der Waals surface area contributed by atoms with Crippen LogP contribution in [0.4, 0.5) is 5.69 Å². The van der Waals surface area contributed by atoms with Gasteiger partial charge < -0.3 is 20.6 Å². The topological polar surface area (TPSA) is 88.2 Å². The summed E-state index contributed by atoms with van der Waals surface area (Å²) in [7, 11) is 0. The number of amides is 1. The fourth-order valence-electron chi connectivity index (χ4n) is 1.72. The van der Waals surface area contributed by atoms with Crippen LogP contribution >= 0.6 is 0 Å². The van der Waals surface area contributed by atoms with Gasteiger partial charge in [-0.3, -0.25) is 4.79 Å². The molecule has 0 unspecified atom stereocenters. The molecular weight excluding hydrogens is 258 g/mol. The Bertz CT molecular complexity index is 435. The molecular formula is C14H21N3O3. The molecule has 3 N–H and O–H groups in total. The van der Waals surface area contributed by atoms with E-state index in [4.69, 9.17) is 15.7 Å². The summed E-state index contributed by atoms with van der Waals surface area (Å²) < 4.78 is 5.20. The summed E-state index contributed by atoms with van der Waals surface area (Å²) in [6, 6.07) is 9.31. The number of oxime groups is 1. The second-order valence-corrected chi connectivity index (χ2v) is 4.17. The Morgan fingerprint density at radius 3 is 2.65 bits per heavy atom. The highest BCUT2D eigenvalue weighted by Gasteiger charge is 2.15. The lowest BCUT2D eigenvalue weighted by molar-refractivity contribution is -0.119. The summed E-state index contributed by atoms with van der Waals surface area (Å²) in [6.07, 6.45) is 0.616. The van der Waals surface area contributed by atoms with E-state index in [1.807, 2.05) is 37.3 Å². The number of anilines is 1. The maximum absolute atomic E-state index is 12.2. The van der Waals surface area contributed by atoms with Crippen molar-refractivity contribution < 1.29 is 14.7 Å². The minimum Gasteiger partial charge on any atom is -0.409 e. The number of hydrogen-bond donors (Lipinski definition) is 2. The van der Waals surface area contributed by atoms with Crippen molar-refractivity contribution in [1.82, 2.24) is 0 Å². The molecule has 0 aromatic heterocycles. The van der Waals surface area contributed by atoms with E-state index in [1.54, 1.807) is 4.90 Å². The van der Waals surface area contributed by atoms with Gasteiger partial charge in [-0.2, -0.15) is 0 Å². The van der Waals surface area contributed by atoms with Gasteiger partial charge in [0, 0.05) is 25.3 Å². The van der Waals surface area contributed by atoms with Gasteiger partial charge in [-0.1, -0.05) is 23.4 Å². The number of benzene rings is 1. The van der Waals surface area contributed by atoms with Crippen LogP contribution in [0.2, 0.25) is 0 Å². The number of amidine groups is 1. The molecule has 0 bridgehead atoms. The van der Waals surface area contributed by atoms with Crippen molar-refractivity contribution >= 4 is 17.4 Å². The first-order valence-electron chi connectivity index (χ1n) is 6.58. The molecule has 0 saturated heterocycles. The zero-order chi connectivity index (χ0) is 14.8. The molecule has 0 aliphatic carbocycles. The molecule has 20 heavy (non-hydrogen) atoms. The van der Waals surface area contributed by atoms with Crippen LogP contribution in [0.1, 0.15) is 19.8 Å². The number of rotatable bonds is 8. The number of carbonyl (C=O) groups is 1. The zero-order valence-corrected chi connectivity index (χ0v) is 11.7. The van der Waals surface area contributed by atoms with Crippen molar-refractivity contribution in [2.24, 2.45) is 10.9 Å². The molecule has 0 aliphatic heterocycles. The van der Waals surface area contributed by atoms with E-state index >= 15 is 0 Å². The first kappa shape index (κ1) is 16.0. The normalized spacial score (nSPS) is 11.3. The van der Waals surface area contributed by atoms with Crippen LogP contribution in [0.5, 0.6) is 0 Å². The monoisotopic (exact) mass is 279 g/mol. The lowest BCUT2D eigenvalue weighted by Gasteiger charge is -2.22. The van der Waals surface area contributed by atoms with E-state index in [0.717, 1.165) is 5.69 Å². The zero-order valence-electron chi connectivity index (χ0n) is 11.7. The molecule has 0 fully saturated rings. The molecule has 6 heteroatoms. The molecule has 0 aliphatic rings. The number of carbonyl (C=O) groups excluding carboxylic acids is 1. The van der Waals surface area contributed by atoms with Crippen molar-refractivity contribution in [3.63, 3.8) is 0 Å². The van der Waals surface area contributed by atoms with Gasteiger partial charge in [0.05, 0.1) is 13.0 Å². The molecule has 6 nitrogen and oxygen atoms in total. The standard InChI is InChI=1S/C14H21N3O3/c1-2-20-11-9-14(18)17(10-8-13(15)16-19)12-6-4-3-5-7-12/h3-7,19H,2,8-11H2,1H3,(H2,15,16). The van der Waals surface area contributed by atoms with Crippen LogP contribution in [0, 0.1) is 0 Å². The first-order valence-corrected chi connectivity index (χ1v) is 6.58. The van der Waals surface area contributed by atoms with Crippen molar-refractivity contribution in [3.8, 4) is 0 Å². The Labute approximate surface area is 118 Å². The van der Waals surface area contributed by atoms with E-state index in [2.05, 4.69) is 5.16 Å². The minimum atomic E-state index is -0.0459. The Balaban J connectivity index is 2.71. The molecule has 0 saturated carbocycles. The molecule has 1 aromatic carbocycles. The van der Waals surface area contributed by atoms with E-state index in [1.165, 1.54) is 0 Å². The predicted octanol–water partition coefficient (Wildman–Crippen LogP) is 1.58. The van der Waals surface area contributed by atoms with E-state index < -0.39 is 0 Å². The third-order valence-corrected chi connectivity index (χ3v) is 2.75. The second kappa shape index (κ2) is 8.92. The van der Waals surface area contributed by atoms with Crippen LogP contribution in [0.25, 0.3) is 0 Å². The summed E-state index contributed by atoms with van der Waals surface area (Å²) in [5.74, 6) is 0.0546. The molecule has 1 amide bonds. The lowest BCUT2D eigenvalue weighted by Crippen LogP contribution is -2.34. The maximum atomic E-state index is 12.2. The van der Waals surface area contributed by atoms with Gasteiger partial charge in [0.2, 0.25) is 5.91 Å². The fourth-order valence-corrected chi connectivity index (χ4v) is 1.72. The lowest BCUT2D eigenvalue weighted by atomic mass is 10.2. The van der Waals surface area contributed by atoms with Gasteiger partial charge in [-0.05, 0) is 19.1 Å². The quantitative estimate of drug-likeness (QED) is 0.249. The number of para-hydroxylation sites is 1. The summed E-state index contributed by atoms with van der Waals surface area (Å²) in [4.78, 5) is 13.8. The maximum Gasteiger partial charge on any atom is 0.229 e. The summed E-state index contributed by atoms with van der Waals surface area (Å²) in [5, 5.41) is 11.5. The highest BCUT2D eigenvalue weighted by atomic mass is 16.5. The van der Waals surface area contributed by atoms with Gasteiger partial charge in [-0.15, -0.1) is 0 Å². The van der Waals surface area contributed by atoms with Crippen LogP contribution in [-0.2, 0) is 9.53 Å². The van der Waals surface area contributed by atoms with Crippen LogP contribution in [0.15, 0.2) is 35.5 Å². The highest BCUT2D eigenvalue weighted by molar-refractivity contribution is 5.94. The largest absolute Gasteiger partial charge is 0.409 e. The van der Waals surface area contributed by atoms with E-state index in [9.17, 15) is 4.79 Å². The molecule has 0 radical (unpaired) electrons. The Morgan fingerprint density at radius 1 is 1.35 bits per heavy atom. The van der Waals surface area contributed by atoms with Crippen molar-refractivity contribution in [2.75, 3.05) is 24.7 Å². The van der Waals surface area contributed by atoms with Crippen LogP contribution < -0.4 is 10.6 Å². The molecule has 0 heterocycles. The molecule has 0 spiro atoms. The molecule has 1 aromatic rings. The Hall–Kier alpha value is -2.08.